The molecule has 0 amide bonds. The van der Waals surface area contributed by atoms with Crippen LogP contribution in [0, 0.1) is 12.7 Å². The van der Waals surface area contributed by atoms with Crippen LogP contribution in [0.5, 0.6) is 0 Å². The fraction of sp³-hybridized carbons (Fsp3) is 0.571. The third-order valence-corrected chi connectivity index (χ3v) is 3.23. The molecular formula is C14H21FN2O. The van der Waals surface area contributed by atoms with Gasteiger partial charge in [0.25, 0.3) is 0 Å². The van der Waals surface area contributed by atoms with Gasteiger partial charge in [-0.25, -0.2) is 4.39 Å². The maximum atomic E-state index is 13.8. The van der Waals surface area contributed by atoms with Crippen LogP contribution in [-0.4, -0.2) is 31.8 Å². The van der Waals surface area contributed by atoms with E-state index in [9.17, 15) is 4.39 Å². The van der Waals surface area contributed by atoms with E-state index >= 15 is 0 Å². The molecule has 2 rings (SSSR count). The summed E-state index contributed by atoms with van der Waals surface area (Å²) in [6.07, 6.45) is 0.924. The van der Waals surface area contributed by atoms with Gasteiger partial charge in [0.1, 0.15) is 5.82 Å². The van der Waals surface area contributed by atoms with Crippen molar-refractivity contribution in [3.8, 4) is 0 Å². The number of aryl methyl sites for hydroxylation is 1. The Kier molecular flexibility index (Phi) is 4.55. The molecule has 18 heavy (non-hydrogen) atoms. The van der Waals surface area contributed by atoms with Crippen LogP contribution >= 0.6 is 0 Å². The molecule has 1 aliphatic rings. The van der Waals surface area contributed by atoms with Crippen LogP contribution in [0.3, 0.4) is 0 Å². The van der Waals surface area contributed by atoms with E-state index in [1.165, 1.54) is 0 Å². The first-order valence-electron chi connectivity index (χ1n) is 6.49. The Morgan fingerprint density at radius 2 is 2.39 bits per heavy atom. The predicted molar refractivity (Wildman–Crippen MR) is 71.4 cm³/mol. The maximum absolute atomic E-state index is 13.8. The molecule has 1 saturated heterocycles. The van der Waals surface area contributed by atoms with Gasteiger partial charge in [0.15, 0.2) is 0 Å². The molecule has 0 radical (unpaired) electrons. The minimum atomic E-state index is -0.155. The van der Waals surface area contributed by atoms with E-state index in [0.29, 0.717) is 17.3 Å². The highest BCUT2D eigenvalue weighted by Gasteiger charge is 2.17. The quantitative estimate of drug-likeness (QED) is 0.862. The van der Waals surface area contributed by atoms with Crippen LogP contribution in [0.2, 0.25) is 0 Å². The van der Waals surface area contributed by atoms with Crippen LogP contribution in [0.25, 0.3) is 0 Å². The first-order valence-corrected chi connectivity index (χ1v) is 6.49. The summed E-state index contributed by atoms with van der Waals surface area (Å²) in [5.41, 5.74) is 1.26. The van der Waals surface area contributed by atoms with Gasteiger partial charge in [-0.1, -0.05) is 12.1 Å². The predicted octanol–water partition coefficient (Wildman–Crippen LogP) is 2.31. The van der Waals surface area contributed by atoms with Crippen LogP contribution in [0.1, 0.15) is 18.9 Å². The Balaban J connectivity index is 1.90. The van der Waals surface area contributed by atoms with Gasteiger partial charge >= 0.3 is 0 Å². The van der Waals surface area contributed by atoms with E-state index in [0.717, 1.165) is 26.2 Å². The highest BCUT2D eigenvalue weighted by Crippen LogP contribution is 2.19. The molecule has 4 heteroatoms. The van der Waals surface area contributed by atoms with Gasteiger partial charge in [-0.05, 0) is 31.9 Å². The average Bonchev–Trinajstić information content (AvgIpc) is 2.36. The summed E-state index contributed by atoms with van der Waals surface area (Å²) in [7, 11) is 0. The first-order chi connectivity index (χ1) is 8.66. The zero-order chi connectivity index (χ0) is 13.0. The Bertz CT molecular complexity index is 391. The largest absolute Gasteiger partial charge is 0.380 e. The molecule has 1 aromatic rings. The summed E-state index contributed by atoms with van der Waals surface area (Å²) in [5.74, 6) is -0.155. The lowest BCUT2D eigenvalue weighted by atomic mass is 10.1. The summed E-state index contributed by atoms with van der Waals surface area (Å²) in [6, 6.07) is 6.00. The molecule has 1 aliphatic heterocycles. The number of rotatable bonds is 4. The van der Waals surface area contributed by atoms with Gasteiger partial charge in [0.05, 0.1) is 18.9 Å². The smallest absolute Gasteiger partial charge is 0.149 e. The molecular weight excluding hydrogens is 231 g/mol. The van der Waals surface area contributed by atoms with Crippen molar-refractivity contribution in [2.24, 2.45) is 0 Å². The molecule has 0 aliphatic carbocycles. The number of benzene rings is 1. The molecule has 2 atom stereocenters. The molecule has 0 spiro atoms. The minimum absolute atomic E-state index is 0.155. The average molecular weight is 252 g/mol. The molecule has 1 heterocycles. The van der Waals surface area contributed by atoms with Crippen LogP contribution in [0.15, 0.2) is 18.2 Å². The van der Waals surface area contributed by atoms with E-state index < -0.39 is 0 Å². The number of hydrogen-bond donors (Lipinski definition) is 2. The lowest BCUT2D eigenvalue weighted by Gasteiger charge is -2.27. The van der Waals surface area contributed by atoms with Gasteiger partial charge in [0, 0.05) is 18.6 Å². The third kappa shape index (κ3) is 3.43. The number of nitrogens with one attached hydrogen (secondary N) is 2. The van der Waals surface area contributed by atoms with Crippen molar-refractivity contribution in [1.29, 1.82) is 0 Å². The molecule has 2 N–H and O–H groups in total. The number of anilines is 1. The monoisotopic (exact) mass is 252 g/mol. The summed E-state index contributed by atoms with van der Waals surface area (Å²) in [6.45, 7) is 6.27. The molecule has 2 unspecified atom stereocenters. The normalized spacial score (nSPS) is 21.6. The highest BCUT2D eigenvalue weighted by atomic mass is 19.1. The SMILES string of the molecule is Cc1cccc(NC(C)CC2COCCN2)c1F. The van der Waals surface area contributed by atoms with Gasteiger partial charge < -0.3 is 15.4 Å². The second-order valence-corrected chi connectivity index (χ2v) is 4.94. The topological polar surface area (TPSA) is 33.3 Å². The van der Waals surface area contributed by atoms with Gasteiger partial charge in [-0.2, -0.15) is 0 Å². The Hall–Kier alpha value is -1.13. The second kappa shape index (κ2) is 6.16. The van der Waals surface area contributed by atoms with Crippen molar-refractivity contribution in [2.45, 2.75) is 32.4 Å². The molecule has 0 aromatic heterocycles. The van der Waals surface area contributed by atoms with Crippen molar-refractivity contribution >= 4 is 5.69 Å². The minimum Gasteiger partial charge on any atom is -0.380 e. The zero-order valence-corrected chi connectivity index (χ0v) is 11.0. The Labute approximate surface area is 108 Å². The first kappa shape index (κ1) is 13.3. The molecule has 3 nitrogen and oxygen atoms in total. The van der Waals surface area contributed by atoms with Crippen LogP contribution in [0.4, 0.5) is 10.1 Å². The van der Waals surface area contributed by atoms with E-state index in [-0.39, 0.29) is 11.9 Å². The van der Waals surface area contributed by atoms with E-state index in [4.69, 9.17) is 4.74 Å². The van der Waals surface area contributed by atoms with Crippen molar-refractivity contribution in [3.63, 3.8) is 0 Å². The van der Waals surface area contributed by atoms with Crippen molar-refractivity contribution in [3.05, 3.63) is 29.6 Å². The van der Waals surface area contributed by atoms with Gasteiger partial charge in [-0.3, -0.25) is 0 Å². The van der Waals surface area contributed by atoms with Crippen molar-refractivity contribution in [1.82, 2.24) is 5.32 Å². The summed E-state index contributed by atoms with van der Waals surface area (Å²) < 4.78 is 19.2. The van der Waals surface area contributed by atoms with E-state index in [1.54, 1.807) is 19.1 Å². The van der Waals surface area contributed by atoms with Crippen LogP contribution in [-0.2, 0) is 4.74 Å². The molecule has 0 bridgehead atoms. The van der Waals surface area contributed by atoms with Gasteiger partial charge in [0.2, 0.25) is 0 Å². The lowest BCUT2D eigenvalue weighted by molar-refractivity contribution is 0.0731. The highest BCUT2D eigenvalue weighted by molar-refractivity contribution is 5.48. The molecule has 1 fully saturated rings. The lowest BCUT2D eigenvalue weighted by Crippen LogP contribution is -2.43. The van der Waals surface area contributed by atoms with E-state index in [1.807, 2.05) is 6.07 Å². The fourth-order valence-corrected chi connectivity index (χ4v) is 2.28. The molecule has 100 valence electrons. The Morgan fingerprint density at radius 1 is 1.56 bits per heavy atom. The van der Waals surface area contributed by atoms with Gasteiger partial charge in [-0.15, -0.1) is 0 Å². The number of ether oxygens (including phenoxy) is 1. The summed E-state index contributed by atoms with van der Waals surface area (Å²) in [5, 5.41) is 6.63. The van der Waals surface area contributed by atoms with Crippen molar-refractivity contribution < 1.29 is 9.13 Å². The summed E-state index contributed by atoms with van der Waals surface area (Å²) >= 11 is 0. The molecule has 0 saturated carbocycles. The van der Waals surface area contributed by atoms with Crippen molar-refractivity contribution in [2.75, 3.05) is 25.1 Å². The maximum Gasteiger partial charge on any atom is 0.149 e. The third-order valence-electron chi connectivity index (χ3n) is 3.23. The number of halogens is 1. The standard InChI is InChI=1S/C14H21FN2O/c1-10-4-3-5-13(14(10)15)17-11(2)8-12-9-18-7-6-16-12/h3-5,11-12,16-17H,6-9H2,1-2H3. The Morgan fingerprint density at radius 3 is 3.11 bits per heavy atom. The number of morpholine rings is 1. The number of hydrogen-bond acceptors (Lipinski definition) is 3. The second-order valence-electron chi connectivity index (χ2n) is 4.94. The molecule has 1 aromatic carbocycles. The van der Waals surface area contributed by atoms with Crippen LogP contribution < -0.4 is 10.6 Å². The van der Waals surface area contributed by atoms with E-state index in [2.05, 4.69) is 17.6 Å². The zero-order valence-electron chi connectivity index (χ0n) is 11.0. The summed E-state index contributed by atoms with van der Waals surface area (Å²) in [4.78, 5) is 0. The fourth-order valence-electron chi connectivity index (χ4n) is 2.28.